The first-order chi connectivity index (χ1) is 11.7. The largest absolute Gasteiger partial charge is 1.00 e. The third-order valence-corrected chi connectivity index (χ3v) is 6.00. The first kappa shape index (κ1) is 18.7. The van der Waals surface area contributed by atoms with E-state index in [-0.39, 0.29) is 24.0 Å². The van der Waals surface area contributed by atoms with Crippen molar-refractivity contribution in [1.82, 2.24) is 0 Å². The second kappa shape index (κ2) is 8.09. The fourth-order valence-electron chi connectivity index (χ4n) is 4.41. The van der Waals surface area contributed by atoms with Crippen molar-refractivity contribution < 1.29 is 28.5 Å². The smallest absolute Gasteiger partial charge is 0.0962 e. The Bertz CT molecular complexity index is 707. The molecule has 0 atom stereocenters. The molecule has 2 heterocycles. The van der Waals surface area contributed by atoms with Gasteiger partial charge in [0.15, 0.2) is 0 Å². The summed E-state index contributed by atoms with van der Waals surface area (Å²) >= 11 is 0. The van der Waals surface area contributed by atoms with Crippen LogP contribution in [0.4, 0.5) is 5.69 Å². The van der Waals surface area contributed by atoms with Crippen molar-refractivity contribution in [3.8, 4) is 0 Å². The summed E-state index contributed by atoms with van der Waals surface area (Å²) in [4.78, 5) is 2.62. The first-order valence-electron chi connectivity index (χ1n) is 9.47. The summed E-state index contributed by atoms with van der Waals surface area (Å²) in [5.74, 6) is 0. The number of halogens is 1. The number of hydrogen-bond donors (Lipinski definition) is 0. The molecule has 134 valence electrons. The Hall–Kier alpha value is -1.07. The summed E-state index contributed by atoms with van der Waals surface area (Å²) in [6, 6.07) is 18.0. The maximum absolute atomic E-state index is 2.62. The van der Waals surface area contributed by atoms with Gasteiger partial charge in [0.2, 0.25) is 0 Å². The minimum absolute atomic E-state index is 0. The van der Waals surface area contributed by atoms with Crippen LogP contribution in [0.5, 0.6) is 0 Å². The molecule has 2 aliphatic rings. The van der Waals surface area contributed by atoms with E-state index in [2.05, 4.69) is 60.5 Å². The van der Waals surface area contributed by atoms with Crippen LogP contribution in [0.2, 0.25) is 0 Å². The third kappa shape index (κ3) is 4.20. The van der Waals surface area contributed by atoms with E-state index in [1.54, 1.807) is 0 Å². The quantitative estimate of drug-likeness (QED) is 0.505. The number of nitrogens with zero attached hydrogens (tertiary/aromatic N) is 2. The lowest BCUT2D eigenvalue weighted by Crippen LogP contribution is -3.00. The zero-order valence-corrected chi connectivity index (χ0v) is 17.4. The molecule has 0 saturated carbocycles. The standard InChI is InChI=1S/C22H29N2.HI/c1-24(14-7-2-8-15-24)16-13-23-18-21-11-4-3-9-19(21)17-20-10-5-6-12-22(20)23;/h3-6,9-12H,2,7-8,13-18H2,1H3;1H/q+1;/p-1. The van der Waals surface area contributed by atoms with Crippen molar-refractivity contribution in [2.45, 2.75) is 32.2 Å². The summed E-state index contributed by atoms with van der Waals surface area (Å²) < 4.78 is 1.25. The number of fused-ring (bicyclic) bond motifs is 2. The third-order valence-electron chi connectivity index (χ3n) is 6.00. The molecular formula is C22H29IN2. The average molecular weight is 448 g/mol. The number of benzene rings is 2. The van der Waals surface area contributed by atoms with E-state index in [1.165, 1.54) is 65.8 Å². The second-order valence-corrected chi connectivity index (χ2v) is 7.85. The average Bonchev–Trinajstić information content (AvgIpc) is 2.77. The van der Waals surface area contributed by atoms with Gasteiger partial charge in [0.1, 0.15) is 0 Å². The van der Waals surface area contributed by atoms with Gasteiger partial charge in [-0.3, -0.25) is 0 Å². The fourth-order valence-corrected chi connectivity index (χ4v) is 4.41. The SMILES string of the molecule is C[N+]1(CCN2Cc3ccccc3Cc3ccccc32)CCCCC1.[I-]. The number of likely N-dealkylation sites (N-methyl/N-ethyl adjacent to an activating group) is 1. The lowest BCUT2D eigenvalue weighted by Gasteiger charge is -2.39. The number of piperidine rings is 1. The van der Waals surface area contributed by atoms with Crippen LogP contribution in [0, 0.1) is 0 Å². The summed E-state index contributed by atoms with van der Waals surface area (Å²) in [5, 5.41) is 0. The monoisotopic (exact) mass is 448 g/mol. The van der Waals surface area contributed by atoms with Gasteiger partial charge in [0.25, 0.3) is 0 Å². The topological polar surface area (TPSA) is 3.24 Å². The molecular weight excluding hydrogens is 419 g/mol. The van der Waals surface area contributed by atoms with Gasteiger partial charge in [0, 0.05) is 12.2 Å². The Morgan fingerprint density at radius 3 is 2.24 bits per heavy atom. The maximum Gasteiger partial charge on any atom is 0.0962 e. The van der Waals surface area contributed by atoms with Crippen molar-refractivity contribution in [2.24, 2.45) is 0 Å². The normalized spacial score (nSPS) is 18.5. The van der Waals surface area contributed by atoms with Crippen LogP contribution in [0.15, 0.2) is 48.5 Å². The maximum atomic E-state index is 2.62. The number of likely N-dealkylation sites (tertiary alicyclic amines) is 1. The predicted octanol–water partition coefficient (Wildman–Crippen LogP) is 1.23. The highest BCUT2D eigenvalue weighted by molar-refractivity contribution is 5.58. The van der Waals surface area contributed by atoms with Gasteiger partial charge in [-0.2, -0.15) is 0 Å². The summed E-state index contributed by atoms with van der Waals surface area (Å²) in [6.07, 6.45) is 5.29. The van der Waals surface area contributed by atoms with Crippen LogP contribution in [0.1, 0.15) is 36.0 Å². The predicted molar refractivity (Wildman–Crippen MR) is 101 cm³/mol. The van der Waals surface area contributed by atoms with E-state index in [9.17, 15) is 0 Å². The van der Waals surface area contributed by atoms with Crippen molar-refractivity contribution in [3.63, 3.8) is 0 Å². The van der Waals surface area contributed by atoms with Crippen LogP contribution in [0.3, 0.4) is 0 Å². The van der Waals surface area contributed by atoms with Gasteiger partial charge in [-0.25, -0.2) is 0 Å². The molecule has 0 aliphatic carbocycles. The molecule has 4 rings (SSSR count). The highest BCUT2D eigenvalue weighted by Crippen LogP contribution is 2.30. The van der Waals surface area contributed by atoms with Crippen LogP contribution >= 0.6 is 0 Å². The summed E-state index contributed by atoms with van der Waals surface area (Å²) in [7, 11) is 2.46. The molecule has 2 aliphatic heterocycles. The van der Waals surface area contributed by atoms with Gasteiger partial charge in [-0.05, 0) is 48.4 Å². The minimum Gasteiger partial charge on any atom is -1.00 e. The zero-order chi connectivity index (χ0) is 16.4. The van der Waals surface area contributed by atoms with Crippen LogP contribution in [0.25, 0.3) is 0 Å². The number of rotatable bonds is 3. The van der Waals surface area contributed by atoms with Crippen molar-refractivity contribution in [1.29, 1.82) is 0 Å². The van der Waals surface area contributed by atoms with Crippen molar-refractivity contribution in [3.05, 3.63) is 65.2 Å². The molecule has 2 aromatic carbocycles. The molecule has 0 unspecified atom stereocenters. The molecule has 1 fully saturated rings. The molecule has 0 amide bonds. The summed E-state index contributed by atoms with van der Waals surface area (Å²) in [6.45, 7) is 6.17. The highest BCUT2D eigenvalue weighted by atomic mass is 127. The number of quaternary nitrogens is 1. The molecule has 0 radical (unpaired) electrons. The van der Waals surface area contributed by atoms with Gasteiger partial charge in [-0.1, -0.05) is 42.5 Å². The molecule has 3 heteroatoms. The molecule has 0 bridgehead atoms. The highest BCUT2D eigenvalue weighted by Gasteiger charge is 2.26. The van der Waals surface area contributed by atoms with E-state index < -0.39 is 0 Å². The molecule has 2 nitrogen and oxygen atoms in total. The van der Waals surface area contributed by atoms with E-state index in [1.807, 2.05) is 0 Å². The Morgan fingerprint density at radius 2 is 1.48 bits per heavy atom. The molecule has 2 aromatic rings. The van der Waals surface area contributed by atoms with Crippen molar-refractivity contribution >= 4 is 5.69 Å². The van der Waals surface area contributed by atoms with E-state index in [0.717, 1.165) is 19.5 Å². The molecule has 0 N–H and O–H groups in total. The number of hydrogen-bond acceptors (Lipinski definition) is 1. The minimum atomic E-state index is 0. The molecule has 0 spiro atoms. The van der Waals surface area contributed by atoms with Crippen molar-refractivity contribution in [2.75, 3.05) is 38.1 Å². The molecule has 25 heavy (non-hydrogen) atoms. The van der Waals surface area contributed by atoms with Crippen LogP contribution in [-0.2, 0) is 13.0 Å². The van der Waals surface area contributed by atoms with Gasteiger partial charge < -0.3 is 33.4 Å². The van der Waals surface area contributed by atoms with Gasteiger partial charge >= 0.3 is 0 Å². The lowest BCUT2D eigenvalue weighted by molar-refractivity contribution is -0.912. The number of para-hydroxylation sites is 1. The molecule has 0 aromatic heterocycles. The van der Waals surface area contributed by atoms with Crippen LogP contribution in [-0.4, -0.2) is 37.7 Å². The second-order valence-electron chi connectivity index (χ2n) is 7.85. The fraction of sp³-hybridized carbons (Fsp3) is 0.455. The van der Waals surface area contributed by atoms with E-state index in [4.69, 9.17) is 0 Å². The Balaban J connectivity index is 0.00000182. The number of anilines is 1. The van der Waals surface area contributed by atoms with E-state index >= 15 is 0 Å². The van der Waals surface area contributed by atoms with Gasteiger partial charge in [0.05, 0.1) is 33.2 Å². The van der Waals surface area contributed by atoms with Crippen LogP contribution < -0.4 is 28.9 Å². The lowest BCUT2D eigenvalue weighted by atomic mass is 10.0. The summed E-state index contributed by atoms with van der Waals surface area (Å²) in [5.41, 5.74) is 5.90. The Labute approximate surface area is 169 Å². The zero-order valence-electron chi connectivity index (χ0n) is 15.3. The van der Waals surface area contributed by atoms with Gasteiger partial charge in [-0.15, -0.1) is 0 Å². The Morgan fingerprint density at radius 1 is 0.840 bits per heavy atom. The Kier molecular flexibility index (Phi) is 6.05. The molecule has 1 saturated heterocycles. The van der Waals surface area contributed by atoms with E-state index in [0.29, 0.717) is 0 Å². The first-order valence-corrected chi connectivity index (χ1v) is 9.47.